The molecule has 1 aromatic rings. The van der Waals surface area contributed by atoms with E-state index in [0.29, 0.717) is 6.42 Å². The molecular formula is C14H21NO. The molecule has 0 atom stereocenters. The Labute approximate surface area is 98.1 Å². The topological polar surface area (TPSA) is 29.1 Å². The van der Waals surface area contributed by atoms with Crippen LogP contribution in [0.3, 0.4) is 0 Å². The molecule has 88 valence electrons. The zero-order chi connectivity index (χ0) is 12.3. The monoisotopic (exact) mass is 219 g/mol. The van der Waals surface area contributed by atoms with Crippen molar-refractivity contribution < 1.29 is 4.79 Å². The van der Waals surface area contributed by atoms with Crippen LogP contribution in [0.1, 0.15) is 45.2 Å². The highest BCUT2D eigenvalue weighted by molar-refractivity contribution is 5.92. The summed E-state index contributed by atoms with van der Waals surface area (Å²) in [6.45, 7) is 10.4. The van der Waals surface area contributed by atoms with Crippen LogP contribution in [0.2, 0.25) is 0 Å². The van der Waals surface area contributed by atoms with Gasteiger partial charge in [0.05, 0.1) is 0 Å². The Morgan fingerprint density at radius 2 is 1.94 bits per heavy atom. The highest BCUT2D eigenvalue weighted by atomic mass is 16.1. The maximum Gasteiger partial charge on any atom is 0.224 e. The van der Waals surface area contributed by atoms with Crippen molar-refractivity contribution in [2.24, 2.45) is 0 Å². The van der Waals surface area contributed by atoms with Crippen LogP contribution in [0, 0.1) is 6.92 Å². The smallest absolute Gasteiger partial charge is 0.224 e. The van der Waals surface area contributed by atoms with Gasteiger partial charge in [-0.1, -0.05) is 45.9 Å². The summed E-state index contributed by atoms with van der Waals surface area (Å²) < 4.78 is 0. The van der Waals surface area contributed by atoms with Gasteiger partial charge in [0.25, 0.3) is 0 Å². The average molecular weight is 219 g/mol. The third-order valence-electron chi connectivity index (χ3n) is 2.67. The number of nitrogens with one attached hydrogen (secondary N) is 1. The Balaban J connectivity index is 3.19. The van der Waals surface area contributed by atoms with Crippen molar-refractivity contribution in [3.63, 3.8) is 0 Å². The molecule has 0 aliphatic heterocycles. The molecule has 1 aromatic carbocycles. The minimum atomic E-state index is 0.0440. The van der Waals surface area contributed by atoms with Crippen LogP contribution in [0.15, 0.2) is 18.2 Å². The molecule has 0 fully saturated rings. The number of aryl methyl sites for hydroxylation is 1. The Kier molecular flexibility index (Phi) is 3.74. The number of benzene rings is 1. The zero-order valence-electron chi connectivity index (χ0n) is 10.8. The number of rotatable bonds is 2. The fourth-order valence-electron chi connectivity index (χ4n) is 1.69. The molecule has 0 saturated carbocycles. The third kappa shape index (κ3) is 2.84. The molecule has 1 rings (SSSR count). The normalized spacial score (nSPS) is 11.3. The second kappa shape index (κ2) is 4.69. The van der Waals surface area contributed by atoms with Crippen molar-refractivity contribution in [2.75, 3.05) is 5.32 Å². The van der Waals surface area contributed by atoms with Gasteiger partial charge in [0.15, 0.2) is 0 Å². The number of carbonyl (C=O) groups is 1. The van der Waals surface area contributed by atoms with Gasteiger partial charge in [-0.2, -0.15) is 0 Å². The predicted octanol–water partition coefficient (Wildman–Crippen LogP) is 3.64. The van der Waals surface area contributed by atoms with E-state index < -0.39 is 0 Å². The van der Waals surface area contributed by atoms with E-state index >= 15 is 0 Å². The molecule has 0 aromatic heterocycles. The predicted molar refractivity (Wildman–Crippen MR) is 68.8 cm³/mol. The van der Waals surface area contributed by atoms with Gasteiger partial charge < -0.3 is 5.32 Å². The summed E-state index contributed by atoms with van der Waals surface area (Å²) in [6, 6.07) is 6.15. The summed E-state index contributed by atoms with van der Waals surface area (Å²) in [6.07, 6.45) is 0.512. The summed E-state index contributed by atoms with van der Waals surface area (Å²) in [5.41, 5.74) is 3.33. The fraction of sp³-hybridized carbons (Fsp3) is 0.500. The molecule has 1 N–H and O–H groups in total. The number of hydrogen-bond acceptors (Lipinski definition) is 1. The van der Waals surface area contributed by atoms with E-state index in [1.54, 1.807) is 0 Å². The van der Waals surface area contributed by atoms with E-state index in [2.05, 4.69) is 32.2 Å². The number of hydrogen-bond donors (Lipinski definition) is 1. The van der Waals surface area contributed by atoms with E-state index in [4.69, 9.17) is 0 Å². The lowest BCUT2D eigenvalue weighted by Gasteiger charge is -2.24. The standard InChI is InChI=1S/C14H21NO/c1-6-12(16)15-13-10(2)8-7-9-11(13)14(3,4)5/h7-9H,6H2,1-5H3,(H,15,16). The molecule has 0 spiro atoms. The minimum absolute atomic E-state index is 0.0440. The van der Waals surface area contributed by atoms with Crippen molar-refractivity contribution in [3.8, 4) is 0 Å². The summed E-state index contributed by atoms with van der Waals surface area (Å²) in [5.74, 6) is 0.0693. The van der Waals surface area contributed by atoms with Crippen molar-refractivity contribution >= 4 is 11.6 Å². The van der Waals surface area contributed by atoms with Crippen LogP contribution in [0.4, 0.5) is 5.69 Å². The SMILES string of the molecule is CCC(=O)Nc1c(C)cccc1C(C)(C)C. The Morgan fingerprint density at radius 1 is 1.31 bits per heavy atom. The molecule has 0 bridgehead atoms. The molecule has 0 radical (unpaired) electrons. The number of anilines is 1. The third-order valence-corrected chi connectivity index (χ3v) is 2.67. The van der Waals surface area contributed by atoms with Crippen LogP contribution in [-0.4, -0.2) is 5.91 Å². The van der Waals surface area contributed by atoms with Gasteiger partial charge in [-0.05, 0) is 23.5 Å². The van der Waals surface area contributed by atoms with Crippen molar-refractivity contribution in [1.82, 2.24) is 0 Å². The molecule has 0 aliphatic rings. The van der Waals surface area contributed by atoms with E-state index in [-0.39, 0.29) is 11.3 Å². The maximum atomic E-state index is 11.5. The van der Waals surface area contributed by atoms with Gasteiger partial charge in [0.1, 0.15) is 0 Å². The molecule has 1 amide bonds. The van der Waals surface area contributed by atoms with Crippen LogP contribution in [0.5, 0.6) is 0 Å². The lowest BCUT2D eigenvalue weighted by atomic mass is 9.84. The number of carbonyl (C=O) groups excluding carboxylic acids is 1. The number of para-hydroxylation sites is 1. The average Bonchev–Trinajstić information content (AvgIpc) is 2.19. The van der Waals surface area contributed by atoms with E-state index in [1.807, 2.05) is 26.0 Å². The quantitative estimate of drug-likeness (QED) is 0.808. The highest BCUT2D eigenvalue weighted by Crippen LogP contribution is 2.31. The zero-order valence-corrected chi connectivity index (χ0v) is 10.8. The Hall–Kier alpha value is -1.31. The second-order valence-electron chi connectivity index (χ2n) is 5.15. The van der Waals surface area contributed by atoms with Crippen LogP contribution in [0.25, 0.3) is 0 Å². The summed E-state index contributed by atoms with van der Waals surface area (Å²) in [5, 5.41) is 3.00. The minimum Gasteiger partial charge on any atom is -0.326 e. The van der Waals surface area contributed by atoms with Crippen molar-refractivity contribution in [1.29, 1.82) is 0 Å². The molecule has 0 saturated heterocycles. The maximum absolute atomic E-state index is 11.5. The molecule has 2 nitrogen and oxygen atoms in total. The van der Waals surface area contributed by atoms with Crippen LogP contribution in [-0.2, 0) is 10.2 Å². The molecule has 0 heterocycles. The van der Waals surface area contributed by atoms with Crippen molar-refractivity contribution in [2.45, 2.75) is 46.5 Å². The summed E-state index contributed by atoms with van der Waals surface area (Å²) in [7, 11) is 0. The Bertz CT molecular complexity index is 388. The largest absolute Gasteiger partial charge is 0.326 e. The molecular weight excluding hydrogens is 198 g/mol. The van der Waals surface area contributed by atoms with E-state index in [9.17, 15) is 4.79 Å². The van der Waals surface area contributed by atoms with Gasteiger partial charge in [0.2, 0.25) is 5.91 Å². The second-order valence-corrected chi connectivity index (χ2v) is 5.15. The van der Waals surface area contributed by atoms with E-state index in [0.717, 1.165) is 11.3 Å². The molecule has 2 heteroatoms. The van der Waals surface area contributed by atoms with E-state index in [1.165, 1.54) is 5.56 Å². The first-order valence-corrected chi connectivity index (χ1v) is 5.76. The first kappa shape index (κ1) is 12.8. The summed E-state index contributed by atoms with van der Waals surface area (Å²) >= 11 is 0. The van der Waals surface area contributed by atoms with Crippen LogP contribution < -0.4 is 5.32 Å². The van der Waals surface area contributed by atoms with Gasteiger partial charge in [0, 0.05) is 12.1 Å². The van der Waals surface area contributed by atoms with Crippen molar-refractivity contribution in [3.05, 3.63) is 29.3 Å². The lowest BCUT2D eigenvalue weighted by molar-refractivity contribution is -0.115. The highest BCUT2D eigenvalue weighted by Gasteiger charge is 2.19. The first-order valence-electron chi connectivity index (χ1n) is 5.76. The van der Waals surface area contributed by atoms with Gasteiger partial charge >= 0.3 is 0 Å². The molecule has 16 heavy (non-hydrogen) atoms. The number of amides is 1. The lowest BCUT2D eigenvalue weighted by Crippen LogP contribution is -2.18. The van der Waals surface area contributed by atoms with Gasteiger partial charge in [-0.3, -0.25) is 4.79 Å². The first-order chi connectivity index (χ1) is 7.36. The Morgan fingerprint density at radius 3 is 2.44 bits per heavy atom. The molecule has 0 aliphatic carbocycles. The fourth-order valence-corrected chi connectivity index (χ4v) is 1.69. The summed E-state index contributed by atoms with van der Waals surface area (Å²) in [4.78, 5) is 11.5. The van der Waals surface area contributed by atoms with Gasteiger partial charge in [-0.15, -0.1) is 0 Å². The van der Waals surface area contributed by atoms with Gasteiger partial charge in [-0.25, -0.2) is 0 Å². The molecule has 0 unspecified atom stereocenters. The van der Waals surface area contributed by atoms with Crippen LogP contribution >= 0.6 is 0 Å².